The number of unbranched alkanes of at least 4 members (excludes halogenated alkanes) is 1. The molecule has 1 atom stereocenters. The molecule has 3 fully saturated rings. The van der Waals surface area contributed by atoms with Crippen molar-refractivity contribution in [3.8, 4) is 0 Å². The molecule has 1 aromatic carbocycles. The molecular weight excluding hydrogens is 336 g/mol. The maximum Gasteiger partial charge on any atom is 0.246 e. The minimum absolute atomic E-state index is 0.206. The highest BCUT2D eigenvalue weighted by Crippen LogP contribution is 2.58. The Hall–Kier alpha value is -0.0300. The van der Waals surface area contributed by atoms with Gasteiger partial charge in [0.15, 0.2) is 0 Å². The third-order valence-corrected chi connectivity index (χ3v) is 6.68. The van der Waals surface area contributed by atoms with E-state index in [0.717, 1.165) is 23.2 Å². The van der Waals surface area contributed by atoms with Crippen molar-refractivity contribution in [2.75, 3.05) is 13.2 Å². The molecule has 2 bridgehead atoms. The van der Waals surface area contributed by atoms with Crippen LogP contribution in [0.25, 0.3) is 0 Å². The zero-order valence-corrected chi connectivity index (χ0v) is 14.4. The van der Waals surface area contributed by atoms with Crippen LogP contribution in [0.2, 0.25) is 0 Å². The Kier molecular flexibility index (Phi) is 4.20. The Morgan fingerprint density at radius 2 is 1.90 bits per heavy atom. The fourth-order valence-corrected chi connectivity index (χ4v) is 4.75. The number of thioether (sulfide) groups is 1. The van der Waals surface area contributed by atoms with Crippen molar-refractivity contribution in [1.82, 2.24) is 0 Å². The summed E-state index contributed by atoms with van der Waals surface area (Å²) in [7, 11) is 0. The van der Waals surface area contributed by atoms with Crippen LogP contribution < -0.4 is 0 Å². The van der Waals surface area contributed by atoms with E-state index in [1.165, 1.54) is 19.3 Å². The average molecular weight is 357 g/mol. The Balaban J connectivity index is 1.82. The molecule has 4 heteroatoms. The lowest BCUT2D eigenvalue weighted by molar-refractivity contribution is -0.272. The molecule has 0 saturated carbocycles. The van der Waals surface area contributed by atoms with E-state index in [0.29, 0.717) is 5.25 Å². The second-order valence-corrected chi connectivity index (χ2v) is 8.26. The maximum absolute atomic E-state index is 6.19. The molecule has 0 aromatic heterocycles. The van der Waals surface area contributed by atoms with Gasteiger partial charge in [0, 0.05) is 20.7 Å². The topological polar surface area (TPSA) is 18.5 Å². The average Bonchev–Trinajstić information content (AvgIpc) is 2.47. The van der Waals surface area contributed by atoms with Gasteiger partial charge in [-0.1, -0.05) is 66.5 Å². The van der Waals surface area contributed by atoms with Gasteiger partial charge in [-0.05, 0) is 18.6 Å². The van der Waals surface area contributed by atoms with Gasteiger partial charge < -0.3 is 9.47 Å². The van der Waals surface area contributed by atoms with E-state index in [-0.39, 0.29) is 5.41 Å². The summed E-state index contributed by atoms with van der Waals surface area (Å²) in [5.41, 5.74) is 1.32. The Labute approximate surface area is 133 Å². The predicted molar refractivity (Wildman–Crippen MR) is 86.7 cm³/mol. The molecular formula is C16H21BrO2S. The van der Waals surface area contributed by atoms with Crippen LogP contribution in [0.3, 0.4) is 0 Å². The first-order chi connectivity index (χ1) is 9.60. The second-order valence-electron chi connectivity index (χ2n) is 5.87. The monoisotopic (exact) mass is 356 g/mol. The van der Waals surface area contributed by atoms with E-state index in [1.54, 1.807) is 0 Å². The number of benzene rings is 1. The Morgan fingerprint density at radius 1 is 1.25 bits per heavy atom. The van der Waals surface area contributed by atoms with Gasteiger partial charge in [0.2, 0.25) is 5.12 Å². The molecule has 2 nitrogen and oxygen atoms in total. The summed E-state index contributed by atoms with van der Waals surface area (Å²) < 4.78 is 13.5. The molecule has 1 aromatic rings. The molecule has 3 saturated heterocycles. The van der Waals surface area contributed by atoms with Crippen molar-refractivity contribution < 1.29 is 9.47 Å². The van der Waals surface area contributed by atoms with Gasteiger partial charge in [-0.25, -0.2) is 0 Å². The number of ether oxygens (including phenoxy) is 2. The summed E-state index contributed by atoms with van der Waals surface area (Å²) >= 11 is 5.31. The third kappa shape index (κ3) is 2.45. The highest BCUT2D eigenvalue weighted by Gasteiger charge is 2.56. The van der Waals surface area contributed by atoms with Crippen LogP contribution in [0.4, 0.5) is 0 Å². The lowest BCUT2D eigenvalue weighted by Gasteiger charge is -2.55. The highest BCUT2D eigenvalue weighted by molar-refractivity contribution is 9.10. The first-order valence-electron chi connectivity index (χ1n) is 7.32. The predicted octanol–water partition coefficient (Wildman–Crippen LogP) is 4.92. The first kappa shape index (κ1) is 14.9. The Bertz CT molecular complexity index is 466. The largest absolute Gasteiger partial charge is 0.337 e. The summed E-state index contributed by atoms with van der Waals surface area (Å²) in [5.74, 6) is 0. The molecule has 20 heavy (non-hydrogen) atoms. The van der Waals surface area contributed by atoms with E-state index in [9.17, 15) is 0 Å². The molecule has 3 heterocycles. The first-order valence-corrected chi connectivity index (χ1v) is 8.99. The van der Waals surface area contributed by atoms with Crippen LogP contribution in [0.1, 0.15) is 38.7 Å². The summed E-state index contributed by atoms with van der Waals surface area (Å²) in [5, 5.41) is -0.0196. The van der Waals surface area contributed by atoms with E-state index < -0.39 is 5.12 Å². The standard InChI is InChI=1S/C16H21BrO2S/c1-3-4-9-15-10-18-16(19-11-15,20-12(15)2)13-5-7-14(17)8-6-13/h5-8,12H,3-4,9-11H2,1-2H3. The SMILES string of the molecule is CCCCC12COC(c3ccc(Br)cc3)(OC1)SC2C. The molecule has 0 N–H and O–H groups in total. The molecule has 3 aliphatic heterocycles. The van der Waals surface area contributed by atoms with Crippen molar-refractivity contribution in [1.29, 1.82) is 0 Å². The normalized spacial score (nSPS) is 36.2. The molecule has 0 radical (unpaired) electrons. The van der Waals surface area contributed by atoms with Gasteiger partial charge in [0.05, 0.1) is 13.2 Å². The van der Waals surface area contributed by atoms with Gasteiger partial charge in [0.1, 0.15) is 0 Å². The van der Waals surface area contributed by atoms with Gasteiger partial charge in [-0.3, -0.25) is 0 Å². The fraction of sp³-hybridized carbons (Fsp3) is 0.625. The lowest BCUT2D eigenvalue weighted by atomic mass is 9.80. The molecule has 110 valence electrons. The maximum atomic E-state index is 6.19. The quantitative estimate of drug-likeness (QED) is 0.762. The lowest BCUT2D eigenvalue weighted by Crippen LogP contribution is -2.57. The van der Waals surface area contributed by atoms with Crippen LogP contribution in [0.15, 0.2) is 28.7 Å². The zero-order chi connectivity index (χ0) is 14.2. The fourth-order valence-electron chi connectivity index (χ4n) is 2.99. The summed E-state index contributed by atoms with van der Waals surface area (Å²) in [6, 6.07) is 8.29. The van der Waals surface area contributed by atoms with E-state index in [4.69, 9.17) is 9.47 Å². The third-order valence-electron chi connectivity index (χ3n) is 4.52. The highest BCUT2D eigenvalue weighted by atomic mass is 79.9. The van der Waals surface area contributed by atoms with Crippen LogP contribution in [-0.4, -0.2) is 18.5 Å². The molecule has 0 aliphatic carbocycles. The number of hydrogen-bond donors (Lipinski definition) is 0. The van der Waals surface area contributed by atoms with Crippen molar-refractivity contribution in [3.05, 3.63) is 34.3 Å². The zero-order valence-electron chi connectivity index (χ0n) is 12.0. The van der Waals surface area contributed by atoms with Gasteiger partial charge in [-0.15, -0.1) is 0 Å². The van der Waals surface area contributed by atoms with Crippen molar-refractivity contribution in [2.45, 2.75) is 43.5 Å². The molecule has 3 aliphatic rings. The van der Waals surface area contributed by atoms with Crippen molar-refractivity contribution in [3.63, 3.8) is 0 Å². The smallest absolute Gasteiger partial charge is 0.246 e. The van der Waals surface area contributed by atoms with Crippen molar-refractivity contribution in [2.24, 2.45) is 5.41 Å². The van der Waals surface area contributed by atoms with Crippen LogP contribution in [-0.2, 0) is 14.6 Å². The Morgan fingerprint density at radius 3 is 2.45 bits per heavy atom. The van der Waals surface area contributed by atoms with Crippen LogP contribution >= 0.6 is 27.7 Å². The van der Waals surface area contributed by atoms with Gasteiger partial charge in [0.25, 0.3) is 0 Å². The molecule has 0 amide bonds. The second kappa shape index (κ2) is 5.64. The molecule has 0 spiro atoms. The molecule has 1 unspecified atom stereocenters. The van der Waals surface area contributed by atoms with Crippen LogP contribution in [0.5, 0.6) is 0 Å². The van der Waals surface area contributed by atoms with Crippen LogP contribution in [0, 0.1) is 5.41 Å². The van der Waals surface area contributed by atoms with Gasteiger partial charge in [-0.2, -0.15) is 0 Å². The number of halogens is 1. The minimum Gasteiger partial charge on any atom is -0.337 e. The summed E-state index contributed by atoms with van der Waals surface area (Å²) in [6.45, 7) is 6.21. The van der Waals surface area contributed by atoms with Gasteiger partial charge >= 0.3 is 0 Å². The van der Waals surface area contributed by atoms with Crippen molar-refractivity contribution >= 4 is 27.7 Å². The number of rotatable bonds is 4. The summed E-state index contributed by atoms with van der Waals surface area (Å²) in [6.07, 6.45) is 3.69. The van der Waals surface area contributed by atoms with E-state index in [1.807, 2.05) is 11.8 Å². The minimum atomic E-state index is -0.589. The number of fused-ring (bicyclic) bond motifs is 3. The number of hydrogen-bond acceptors (Lipinski definition) is 3. The molecule has 4 rings (SSSR count). The van der Waals surface area contributed by atoms with E-state index >= 15 is 0 Å². The van der Waals surface area contributed by atoms with E-state index in [2.05, 4.69) is 54.0 Å². The summed E-state index contributed by atoms with van der Waals surface area (Å²) in [4.78, 5) is 0.